The van der Waals surface area contributed by atoms with Gasteiger partial charge >= 0.3 is 5.97 Å². The molecule has 0 spiro atoms. The van der Waals surface area contributed by atoms with E-state index in [4.69, 9.17) is 9.47 Å². The van der Waals surface area contributed by atoms with Crippen LogP contribution < -0.4 is 14.8 Å². The fourth-order valence-corrected chi connectivity index (χ4v) is 5.93. The van der Waals surface area contributed by atoms with Crippen molar-refractivity contribution in [1.82, 2.24) is 15.3 Å². The van der Waals surface area contributed by atoms with E-state index >= 15 is 0 Å². The Morgan fingerprint density at radius 2 is 1.77 bits per heavy atom. The number of benzene rings is 3. The van der Waals surface area contributed by atoms with Gasteiger partial charge in [0.2, 0.25) is 11.8 Å². The average Bonchev–Trinajstić information content (AvgIpc) is 2.97. The maximum absolute atomic E-state index is 13.3. The number of carbonyl (C=O) groups is 1. The quantitative estimate of drug-likeness (QED) is 0.230. The van der Waals surface area contributed by atoms with Gasteiger partial charge in [0.15, 0.2) is 0 Å². The standard InChI is InChI=1S/C31H32N4O6S.ClH/c1-20-8-6-9-21(2)29(20)25-18-28(41-27(26-19-40-15-14-32-26)16-22-10-4-3-5-11-22)34-31(33-25)35-42(38,39)24-13-7-12-23(17-24)30(36)37;/h3-13,17-18,26-27,32H,14-16,19H2,1-2H3,(H,36,37)(H,33,34,35);1H/t26-,27?;/m1./s1. The Morgan fingerprint density at radius 1 is 1.05 bits per heavy atom. The fraction of sp³-hybridized carbons (Fsp3) is 0.258. The predicted octanol–water partition coefficient (Wildman–Crippen LogP) is 4.66. The molecule has 0 saturated carbocycles. The first-order chi connectivity index (χ1) is 20.2. The monoisotopic (exact) mass is 624 g/mol. The zero-order chi connectivity index (χ0) is 29.7. The molecule has 0 aliphatic carbocycles. The molecule has 10 nitrogen and oxygen atoms in total. The zero-order valence-corrected chi connectivity index (χ0v) is 25.3. The Kier molecular flexibility index (Phi) is 10.4. The van der Waals surface area contributed by atoms with Gasteiger partial charge in [-0.2, -0.15) is 4.98 Å². The molecule has 4 aromatic rings. The average molecular weight is 625 g/mol. The van der Waals surface area contributed by atoms with Crippen LogP contribution in [0.1, 0.15) is 27.0 Å². The second-order valence-electron chi connectivity index (χ2n) is 10.1. The van der Waals surface area contributed by atoms with Gasteiger partial charge in [-0.25, -0.2) is 22.9 Å². The molecule has 1 fully saturated rings. The molecule has 226 valence electrons. The number of hydrogen-bond donors (Lipinski definition) is 3. The third-order valence-corrected chi connectivity index (χ3v) is 8.33. The zero-order valence-electron chi connectivity index (χ0n) is 23.7. The maximum atomic E-state index is 13.3. The molecule has 1 aliphatic heterocycles. The molecule has 5 rings (SSSR count). The molecule has 12 heteroatoms. The number of aromatic carboxylic acids is 1. The normalized spacial score (nSPS) is 15.6. The molecule has 1 saturated heterocycles. The summed E-state index contributed by atoms with van der Waals surface area (Å²) >= 11 is 0. The largest absolute Gasteiger partial charge is 0.478 e. The highest BCUT2D eigenvalue weighted by Gasteiger charge is 2.28. The van der Waals surface area contributed by atoms with Crippen molar-refractivity contribution in [3.05, 3.63) is 101 Å². The summed E-state index contributed by atoms with van der Waals surface area (Å²) in [5, 5.41) is 12.8. The Balaban J connectivity index is 0.00000423. The minimum absolute atomic E-state index is 0. The van der Waals surface area contributed by atoms with Gasteiger partial charge in [-0.3, -0.25) is 0 Å². The van der Waals surface area contributed by atoms with Crippen molar-refractivity contribution in [2.24, 2.45) is 0 Å². The lowest BCUT2D eigenvalue weighted by molar-refractivity contribution is 0.0266. The van der Waals surface area contributed by atoms with E-state index in [1.165, 1.54) is 18.2 Å². The Hall–Kier alpha value is -4.03. The van der Waals surface area contributed by atoms with Crippen LogP contribution in [0, 0.1) is 13.8 Å². The van der Waals surface area contributed by atoms with Crippen LogP contribution in [-0.2, 0) is 21.2 Å². The molecular weight excluding hydrogens is 592 g/mol. The maximum Gasteiger partial charge on any atom is 0.335 e. The molecule has 1 aliphatic rings. The summed E-state index contributed by atoms with van der Waals surface area (Å²) in [4.78, 5) is 20.2. The van der Waals surface area contributed by atoms with Crippen molar-refractivity contribution < 1.29 is 27.8 Å². The van der Waals surface area contributed by atoms with Crippen molar-refractivity contribution in [3.8, 4) is 17.1 Å². The number of aryl methyl sites for hydroxylation is 2. The topological polar surface area (TPSA) is 140 Å². The minimum Gasteiger partial charge on any atom is -0.478 e. The number of nitrogens with zero attached hydrogens (tertiary/aromatic N) is 2. The highest BCUT2D eigenvalue weighted by molar-refractivity contribution is 7.92. The number of carboxylic acids is 1. The number of morpholine rings is 1. The van der Waals surface area contributed by atoms with Crippen molar-refractivity contribution in [1.29, 1.82) is 0 Å². The number of carboxylic acid groups (broad SMARTS) is 1. The summed E-state index contributed by atoms with van der Waals surface area (Å²) in [6, 6.07) is 22.4. The van der Waals surface area contributed by atoms with Gasteiger partial charge < -0.3 is 19.9 Å². The second kappa shape index (κ2) is 14.0. The number of halogens is 1. The van der Waals surface area contributed by atoms with Crippen LogP contribution in [0.2, 0.25) is 0 Å². The van der Waals surface area contributed by atoms with E-state index in [-0.39, 0.29) is 46.8 Å². The molecule has 3 N–H and O–H groups in total. The summed E-state index contributed by atoms with van der Waals surface area (Å²) in [7, 11) is -4.23. The number of rotatable bonds is 10. The van der Waals surface area contributed by atoms with Gasteiger partial charge in [0.05, 0.1) is 35.4 Å². The molecule has 2 heterocycles. The van der Waals surface area contributed by atoms with Crippen LogP contribution in [0.4, 0.5) is 5.95 Å². The summed E-state index contributed by atoms with van der Waals surface area (Å²) in [5.41, 5.74) is 4.13. The van der Waals surface area contributed by atoms with E-state index in [2.05, 4.69) is 20.0 Å². The molecule has 2 atom stereocenters. The van der Waals surface area contributed by atoms with Crippen LogP contribution >= 0.6 is 12.4 Å². The summed E-state index contributed by atoms with van der Waals surface area (Å²) in [6.07, 6.45) is 0.179. The van der Waals surface area contributed by atoms with Gasteiger partial charge in [0, 0.05) is 24.6 Å². The summed E-state index contributed by atoms with van der Waals surface area (Å²) in [5.74, 6) is -1.24. The van der Waals surface area contributed by atoms with Gasteiger partial charge in [-0.1, -0.05) is 54.6 Å². The number of nitrogens with one attached hydrogen (secondary N) is 2. The van der Waals surface area contributed by atoms with Crippen LogP contribution in [0.25, 0.3) is 11.3 Å². The molecule has 0 radical (unpaired) electrons. The van der Waals surface area contributed by atoms with Crippen LogP contribution in [0.5, 0.6) is 5.88 Å². The van der Waals surface area contributed by atoms with Crippen LogP contribution in [-0.4, -0.2) is 61.4 Å². The van der Waals surface area contributed by atoms with Crippen molar-refractivity contribution in [2.75, 3.05) is 24.5 Å². The number of sulfonamides is 1. The summed E-state index contributed by atoms with van der Waals surface area (Å²) < 4.78 is 41.3. The Bertz CT molecular complexity index is 1660. The highest BCUT2D eigenvalue weighted by Crippen LogP contribution is 2.30. The number of anilines is 1. The number of ether oxygens (including phenoxy) is 2. The van der Waals surface area contributed by atoms with E-state index in [0.717, 1.165) is 28.3 Å². The number of hydrogen-bond acceptors (Lipinski definition) is 8. The lowest BCUT2D eigenvalue weighted by Crippen LogP contribution is -2.51. The SMILES string of the molecule is Cc1cccc(C)c1-c1cc(OC(Cc2ccccc2)[C@H]2COCCN2)nc(NS(=O)(=O)c2cccc(C(=O)O)c2)n1.Cl. The van der Waals surface area contributed by atoms with Crippen molar-refractivity contribution >= 4 is 34.3 Å². The van der Waals surface area contributed by atoms with Crippen molar-refractivity contribution in [3.63, 3.8) is 0 Å². The fourth-order valence-electron chi connectivity index (χ4n) is 4.94. The van der Waals surface area contributed by atoms with E-state index < -0.39 is 16.0 Å². The molecule has 1 aromatic heterocycles. The lowest BCUT2D eigenvalue weighted by atomic mass is 10.00. The second-order valence-corrected chi connectivity index (χ2v) is 11.8. The third kappa shape index (κ3) is 7.88. The van der Waals surface area contributed by atoms with E-state index in [9.17, 15) is 18.3 Å². The van der Waals surface area contributed by atoms with E-state index in [0.29, 0.717) is 31.9 Å². The molecule has 0 bridgehead atoms. The first-order valence-electron chi connectivity index (χ1n) is 13.5. The first-order valence-corrected chi connectivity index (χ1v) is 15.0. The van der Waals surface area contributed by atoms with Crippen LogP contribution in [0.15, 0.2) is 83.8 Å². The Labute approximate surface area is 257 Å². The minimum atomic E-state index is -4.23. The van der Waals surface area contributed by atoms with E-state index in [1.807, 2.05) is 62.4 Å². The van der Waals surface area contributed by atoms with Gasteiger partial charge in [0.25, 0.3) is 10.0 Å². The molecule has 0 amide bonds. The molecule has 1 unspecified atom stereocenters. The third-order valence-electron chi connectivity index (χ3n) is 7.01. The number of aromatic nitrogens is 2. The molecule has 3 aromatic carbocycles. The smallest absolute Gasteiger partial charge is 0.335 e. The van der Waals surface area contributed by atoms with Crippen molar-refractivity contribution in [2.45, 2.75) is 37.3 Å². The lowest BCUT2D eigenvalue weighted by Gasteiger charge is -2.31. The van der Waals surface area contributed by atoms with Crippen LogP contribution in [0.3, 0.4) is 0 Å². The van der Waals surface area contributed by atoms with Gasteiger partial charge in [-0.15, -0.1) is 12.4 Å². The molecule has 43 heavy (non-hydrogen) atoms. The van der Waals surface area contributed by atoms with Gasteiger partial charge in [-0.05, 0) is 48.7 Å². The van der Waals surface area contributed by atoms with Gasteiger partial charge in [0.1, 0.15) is 6.10 Å². The first kappa shape index (κ1) is 31.9. The predicted molar refractivity (Wildman–Crippen MR) is 166 cm³/mol. The van der Waals surface area contributed by atoms with E-state index in [1.54, 1.807) is 6.07 Å². The Morgan fingerprint density at radius 3 is 2.44 bits per heavy atom. The molecular formula is C31H33ClN4O6S. The highest BCUT2D eigenvalue weighted by atomic mass is 35.5. The summed E-state index contributed by atoms with van der Waals surface area (Å²) in [6.45, 7) is 5.64.